The number of Topliss-reactive ketones (excluding diaryl/α,β-unsaturated/α-hetero) is 1. The zero-order chi connectivity index (χ0) is 22.5. The summed E-state index contributed by atoms with van der Waals surface area (Å²) in [5, 5.41) is 9.08. The number of rotatable bonds is 7. The van der Waals surface area contributed by atoms with Gasteiger partial charge < -0.3 is 9.64 Å². The van der Waals surface area contributed by atoms with Crippen molar-refractivity contribution in [3.8, 4) is 11.8 Å². The van der Waals surface area contributed by atoms with E-state index in [1.807, 2.05) is 6.07 Å². The average molecular weight is 425 g/mol. The molecular weight excluding hydrogens is 398 g/mol. The van der Waals surface area contributed by atoms with Gasteiger partial charge in [-0.15, -0.1) is 0 Å². The first-order chi connectivity index (χ1) is 14.8. The zero-order valence-electron chi connectivity index (χ0n) is 18.1. The molecule has 2 heterocycles. The van der Waals surface area contributed by atoms with Gasteiger partial charge >= 0.3 is 5.69 Å². The molecule has 1 aliphatic heterocycles. The number of benzene rings is 1. The van der Waals surface area contributed by atoms with Crippen molar-refractivity contribution in [1.82, 2.24) is 14.0 Å². The van der Waals surface area contributed by atoms with Crippen molar-refractivity contribution < 1.29 is 9.53 Å². The molecule has 0 bridgehead atoms. The Labute approximate surface area is 180 Å². The molecule has 0 N–H and O–H groups in total. The molecule has 9 nitrogen and oxygen atoms in total. The molecule has 0 saturated carbocycles. The molecule has 1 saturated heterocycles. The van der Waals surface area contributed by atoms with Crippen LogP contribution in [0.2, 0.25) is 0 Å². The molecule has 0 atom stereocenters. The van der Waals surface area contributed by atoms with E-state index >= 15 is 0 Å². The van der Waals surface area contributed by atoms with E-state index < -0.39 is 0 Å². The Balaban J connectivity index is 1.48. The Kier molecular flexibility index (Phi) is 6.92. The van der Waals surface area contributed by atoms with Crippen molar-refractivity contribution in [3.63, 3.8) is 0 Å². The lowest BCUT2D eigenvalue weighted by atomic mass is 10.1. The summed E-state index contributed by atoms with van der Waals surface area (Å²) in [4.78, 5) is 40.2. The summed E-state index contributed by atoms with van der Waals surface area (Å²) in [7, 11) is 3.16. The molecule has 1 fully saturated rings. The lowest BCUT2D eigenvalue weighted by molar-refractivity contribution is 0.101. The first-order valence-electron chi connectivity index (χ1n) is 10.2. The van der Waals surface area contributed by atoms with Gasteiger partial charge in [0.05, 0.1) is 18.2 Å². The number of carbonyl (C=O) groups excluding carboxylic acids is 1. The Morgan fingerprint density at radius 2 is 1.81 bits per heavy atom. The molecule has 31 heavy (non-hydrogen) atoms. The van der Waals surface area contributed by atoms with Gasteiger partial charge in [0.15, 0.2) is 5.78 Å². The fourth-order valence-electron chi connectivity index (χ4n) is 3.71. The minimum absolute atomic E-state index is 0.159. The molecule has 1 aliphatic rings. The van der Waals surface area contributed by atoms with Crippen LogP contribution in [0.15, 0.2) is 33.9 Å². The Bertz CT molecular complexity index is 1120. The standard InChI is InChI=1S/C22H27N5O4/c1-16(28)19-13-18(6-5-17(19)15-23)31-12-4-7-26-8-10-27(11-9-26)20-14-21(29)25(3)22(30)24(20)2/h5-6,13-14H,4,7-12H2,1-3H3. The number of ketones is 1. The van der Waals surface area contributed by atoms with Crippen LogP contribution in [0.3, 0.4) is 0 Å². The summed E-state index contributed by atoms with van der Waals surface area (Å²) < 4.78 is 8.37. The van der Waals surface area contributed by atoms with E-state index in [1.165, 1.54) is 24.6 Å². The van der Waals surface area contributed by atoms with Crippen LogP contribution in [-0.2, 0) is 14.1 Å². The van der Waals surface area contributed by atoms with Crippen molar-refractivity contribution >= 4 is 11.6 Å². The number of anilines is 1. The van der Waals surface area contributed by atoms with Crippen molar-refractivity contribution in [3.05, 3.63) is 56.2 Å². The lowest BCUT2D eigenvalue weighted by Crippen LogP contribution is -2.49. The maximum atomic E-state index is 12.1. The predicted octanol–water partition coefficient (Wildman–Crippen LogP) is 0.749. The second kappa shape index (κ2) is 9.62. The number of nitrogens with zero attached hydrogens (tertiary/aromatic N) is 5. The number of hydrogen-bond donors (Lipinski definition) is 0. The fourth-order valence-corrected chi connectivity index (χ4v) is 3.71. The SMILES string of the molecule is CC(=O)c1cc(OCCCN2CCN(c3cc(=O)n(C)c(=O)n3C)CC2)ccc1C#N. The van der Waals surface area contributed by atoms with Gasteiger partial charge in [-0.2, -0.15) is 5.26 Å². The van der Waals surface area contributed by atoms with E-state index in [-0.39, 0.29) is 17.0 Å². The summed E-state index contributed by atoms with van der Waals surface area (Å²) in [6, 6.07) is 8.46. The molecule has 9 heteroatoms. The normalized spacial score (nSPS) is 14.3. The smallest absolute Gasteiger partial charge is 0.332 e. The second-order valence-electron chi connectivity index (χ2n) is 7.65. The highest BCUT2D eigenvalue weighted by molar-refractivity contribution is 5.96. The third-order valence-corrected chi connectivity index (χ3v) is 5.58. The summed E-state index contributed by atoms with van der Waals surface area (Å²) >= 11 is 0. The van der Waals surface area contributed by atoms with E-state index in [2.05, 4.69) is 9.80 Å². The number of piperazine rings is 1. The average Bonchev–Trinajstić information content (AvgIpc) is 2.78. The maximum Gasteiger partial charge on any atom is 0.332 e. The van der Waals surface area contributed by atoms with Crippen LogP contribution in [0.1, 0.15) is 29.3 Å². The van der Waals surface area contributed by atoms with Crippen LogP contribution < -0.4 is 20.9 Å². The molecule has 164 valence electrons. The molecule has 0 amide bonds. The quantitative estimate of drug-likeness (QED) is 0.477. The van der Waals surface area contributed by atoms with E-state index in [0.717, 1.165) is 43.7 Å². The molecule has 3 rings (SSSR count). The molecule has 1 aromatic carbocycles. The topological polar surface area (TPSA) is 101 Å². The molecule has 0 radical (unpaired) electrons. The fraction of sp³-hybridized carbons (Fsp3) is 0.455. The first-order valence-corrected chi connectivity index (χ1v) is 10.2. The zero-order valence-corrected chi connectivity index (χ0v) is 18.1. The highest BCUT2D eigenvalue weighted by Crippen LogP contribution is 2.18. The third kappa shape index (κ3) is 5.03. The largest absolute Gasteiger partial charge is 0.494 e. The summed E-state index contributed by atoms with van der Waals surface area (Å²) in [5.74, 6) is 1.08. The Morgan fingerprint density at radius 1 is 1.10 bits per heavy atom. The van der Waals surface area contributed by atoms with Gasteiger partial charge in [-0.1, -0.05) is 0 Å². The van der Waals surface area contributed by atoms with E-state index in [1.54, 1.807) is 25.2 Å². The van der Waals surface area contributed by atoms with E-state index in [0.29, 0.717) is 29.3 Å². The monoisotopic (exact) mass is 425 g/mol. The number of carbonyl (C=O) groups is 1. The molecule has 0 spiro atoms. The highest BCUT2D eigenvalue weighted by Gasteiger charge is 2.20. The summed E-state index contributed by atoms with van der Waals surface area (Å²) in [6.07, 6.45) is 0.819. The molecule has 0 aliphatic carbocycles. The molecule has 1 aromatic heterocycles. The first kappa shape index (κ1) is 22.3. The number of nitriles is 1. The number of aromatic nitrogens is 2. The summed E-state index contributed by atoms with van der Waals surface area (Å²) in [6.45, 7) is 5.93. The minimum Gasteiger partial charge on any atom is -0.494 e. The number of ether oxygens (including phenoxy) is 1. The molecule has 2 aromatic rings. The van der Waals surface area contributed by atoms with Gasteiger partial charge in [0, 0.05) is 58.4 Å². The van der Waals surface area contributed by atoms with Crippen LogP contribution in [0, 0.1) is 11.3 Å². The summed E-state index contributed by atoms with van der Waals surface area (Å²) in [5.41, 5.74) is 0.110. The van der Waals surface area contributed by atoms with Crippen LogP contribution >= 0.6 is 0 Å². The van der Waals surface area contributed by atoms with Crippen molar-refractivity contribution in [2.24, 2.45) is 14.1 Å². The lowest BCUT2D eigenvalue weighted by Gasteiger charge is -2.36. The van der Waals surface area contributed by atoms with Crippen LogP contribution in [-0.4, -0.2) is 59.1 Å². The number of hydrogen-bond acceptors (Lipinski definition) is 7. The van der Waals surface area contributed by atoms with Gasteiger partial charge in [-0.05, 0) is 31.5 Å². The van der Waals surface area contributed by atoms with Crippen LogP contribution in [0.4, 0.5) is 5.82 Å². The maximum absolute atomic E-state index is 12.1. The van der Waals surface area contributed by atoms with Gasteiger partial charge in [-0.3, -0.25) is 23.6 Å². The van der Waals surface area contributed by atoms with Crippen molar-refractivity contribution in [2.75, 3.05) is 44.2 Å². The van der Waals surface area contributed by atoms with Gasteiger partial charge in [0.2, 0.25) is 0 Å². The minimum atomic E-state index is -0.321. The predicted molar refractivity (Wildman–Crippen MR) is 117 cm³/mol. The van der Waals surface area contributed by atoms with Crippen LogP contribution in [0.5, 0.6) is 5.75 Å². The van der Waals surface area contributed by atoms with E-state index in [9.17, 15) is 14.4 Å². The highest BCUT2D eigenvalue weighted by atomic mass is 16.5. The Morgan fingerprint density at radius 3 is 2.45 bits per heavy atom. The second-order valence-corrected chi connectivity index (χ2v) is 7.65. The van der Waals surface area contributed by atoms with E-state index in [4.69, 9.17) is 10.00 Å². The Hall–Kier alpha value is -3.38. The molecular formula is C22H27N5O4. The van der Waals surface area contributed by atoms with Gasteiger partial charge in [-0.25, -0.2) is 4.79 Å². The van der Waals surface area contributed by atoms with Crippen molar-refractivity contribution in [2.45, 2.75) is 13.3 Å². The van der Waals surface area contributed by atoms with Crippen molar-refractivity contribution in [1.29, 1.82) is 5.26 Å². The van der Waals surface area contributed by atoms with Gasteiger partial charge in [0.25, 0.3) is 5.56 Å². The molecule has 0 unspecified atom stereocenters. The third-order valence-electron chi connectivity index (χ3n) is 5.58. The van der Waals surface area contributed by atoms with Crippen LogP contribution in [0.25, 0.3) is 0 Å². The van der Waals surface area contributed by atoms with Gasteiger partial charge in [0.1, 0.15) is 11.6 Å².